The van der Waals surface area contributed by atoms with Crippen molar-refractivity contribution in [1.29, 1.82) is 0 Å². The summed E-state index contributed by atoms with van der Waals surface area (Å²) in [5.74, 6) is -4.24. The molecule has 3 heterocycles. The molecule has 0 unspecified atom stereocenters. The van der Waals surface area contributed by atoms with Crippen LogP contribution in [0.15, 0.2) is 53.6 Å². The van der Waals surface area contributed by atoms with E-state index in [0.717, 1.165) is 0 Å². The van der Waals surface area contributed by atoms with Crippen LogP contribution < -0.4 is 11.3 Å². The van der Waals surface area contributed by atoms with Crippen molar-refractivity contribution in [2.24, 2.45) is 12.8 Å². The average molecular weight is 494 g/mol. The Kier molecular flexibility index (Phi) is 6.91. The zero-order valence-corrected chi connectivity index (χ0v) is 18.0. The van der Waals surface area contributed by atoms with Crippen molar-refractivity contribution in [3.05, 3.63) is 70.7 Å². The molecule has 0 aliphatic rings. The maximum Gasteiger partial charge on any atom is 0.490 e. The number of halogens is 4. The van der Waals surface area contributed by atoms with Crippen LogP contribution in [0.5, 0.6) is 0 Å². The molecule has 35 heavy (non-hydrogen) atoms. The van der Waals surface area contributed by atoms with E-state index in [9.17, 15) is 27.2 Å². The number of hydrogen-bond donors (Lipinski definition) is 3. The molecular weight excluding hydrogens is 476 g/mol. The number of imidazole rings is 1. The minimum Gasteiger partial charge on any atom is -0.480 e. The number of fused-ring (bicyclic) bond motifs is 2. The van der Waals surface area contributed by atoms with E-state index in [-0.39, 0.29) is 17.8 Å². The Morgan fingerprint density at radius 1 is 1.11 bits per heavy atom. The fourth-order valence-electron chi connectivity index (χ4n) is 3.40. The van der Waals surface area contributed by atoms with Crippen molar-refractivity contribution in [2.75, 3.05) is 0 Å². The highest BCUT2D eigenvalue weighted by Crippen LogP contribution is 2.26. The number of nitrogens with zero attached hydrogens (tertiary/aromatic N) is 3. The van der Waals surface area contributed by atoms with Crippen molar-refractivity contribution in [3.63, 3.8) is 0 Å². The number of pyridine rings is 2. The van der Waals surface area contributed by atoms with E-state index in [4.69, 9.17) is 20.7 Å². The molecule has 4 aromatic rings. The Balaban J connectivity index is 0.000000429. The number of hydrogen-bond acceptors (Lipinski definition) is 5. The highest BCUT2D eigenvalue weighted by Gasteiger charge is 2.38. The van der Waals surface area contributed by atoms with Gasteiger partial charge in [0.2, 0.25) is 0 Å². The van der Waals surface area contributed by atoms with E-state index >= 15 is 0 Å². The van der Waals surface area contributed by atoms with Crippen LogP contribution in [0, 0.1) is 5.82 Å². The largest absolute Gasteiger partial charge is 0.490 e. The SMILES string of the molecule is Cn1c(=O)c(-c2ccc(C[C@H](N)C(=O)O)n3ccnc23)cc2cc(F)ccc21.O=C(O)C(F)(F)F. The molecule has 0 radical (unpaired) electrons. The van der Waals surface area contributed by atoms with Crippen LogP contribution in [-0.2, 0) is 23.1 Å². The summed E-state index contributed by atoms with van der Waals surface area (Å²) in [7, 11) is 1.63. The van der Waals surface area contributed by atoms with Gasteiger partial charge in [-0.25, -0.2) is 14.2 Å². The highest BCUT2D eigenvalue weighted by molar-refractivity contribution is 5.87. The number of nitrogens with two attached hydrogens (primary N) is 1. The molecule has 1 aromatic carbocycles. The number of carboxylic acids is 2. The molecule has 1 atom stereocenters. The van der Waals surface area contributed by atoms with Crippen LogP contribution in [0.4, 0.5) is 17.6 Å². The first kappa shape index (κ1) is 25.4. The minimum atomic E-state index is -5.08. The molecular formula is C22H18F4N4O5. The lowest BCUT2D eigenvalue weighted by atomic mass is 10.0. The van der Waals surface area contributed by atoms with E-state index in [0.29, 0.717) is 33.4 Å². The van der Waals surface area contributed by atoms with Gasteiger partial charge >= 0.3 is 18.1 Å². The van der Waals surface area contributed by atoms with E-state index in [2.05, 4.69) is 4.98 Å². The number of aryl methyl sites for hydroxylation is 1. The smallest absolute Gasteiger partial charge is 0.480 e. The molecule has 184 valence electrons. The zero-order chi connectivity index (χ0) is 26.1. The van der Waals surface area contributed by atoms with Gasteiger partial charge in [-0.2, -0.15) is 13.2 Å². The van der Waals surface area contributed by atoms with E-state index in [1.54, 1.807) is 48.1 Å². The fourth-order valence-corrected chi connectivity index (χ4v) is 3.40. The first-order valence-electron chi connectivity index (χ1n) is 9.84. The van der Waals surface area contributed by atoms with Gasteiger partial charge in [0.15, 0.2) is 0 Å². The molecule has 0 saturated heterocycles. The van der Waals surface area contributed by atoms with Crippen LogP contribution in [0.25, 0.3) is 27.7 Å². The number of alkyl halides is 3. The fraction of sp³-hybridized carbons (Fsp3) is 0.182. The van der Waals surface area contributed by atoms with Crippen LogP contribution in [0.3, 0.4) is 0 Å². The Bertz CT molecular complexity index is 1490. The monoisotopic (exact) mass is 494 g/mol. The molecule has 0 aliphatic heterocycles. The van der Waals surface area contributed by atoms with Gasteiger partial charge in [0.1, 0.15) is 17.5 Å². The van der Waals surface area contributed by atoms with Gasteiger partial charge in [-0.3, -0.25) is 9.59 Å². The molecule has 0 saturated carbocycles. The van der Waals surface area contributed by atoms with Crippen molar-refractivity contribution in [2.45, 2.75) is 18.6 Å². The average Bonchev–Trinajstić information content (AvgIpc) is 3.26. The number of rotatable bonds is 4. The van der Waals surface area contributed by atoms with E-state index in [1.807, 2.05) is 0 Å². The first-order chi connectivity index (χ1) is 16.3. The van der Waals surface area contributed by atoms with Crippen molar-refractivity contribution in [3.8, 4) is 11.1 Å². The number of carboxylic acid groups (broad SMARTS) is 2. The van der Waals surface area contributed by atoms with Gasteiger partial charge < -0.3 is 24.9 Å². The number of aromatic nitrogens is 3. The van der Waals surface area contributed by atoms with Gasteiger partial charge in [0, 0.05) is 42.5 Å². The molecule has 3 aromatic heterocycles. The summed E-state index contributed by atoms with van der Waals surface area (Å²) in [4.78, 5) is 37.2. The topological polar surface area (TPSA) is 140 Å². The Morgan fingerprint density at radius 2 is 1.77 bits per heavy atom. The lowest BCUT2D eigenvalue weighted by Gasteiger charge is -2.13. The minimum absolute atomic E-state index is 0.114. The lowest BCUT2D eigenvalue weighted by Crippen LogP contribution is -2.32. The molecule has 0 bridgehead atoms. The summed E-state index contributed by atoms with van der Waals surface area (Å²) in [5.41, 5.74) is 8.16. The number of carbonyl (C=O) groups is 2. The second kappa shape index (κ2) is 9.54. The predicted octanol–water partition coefficient (Wildman–Crippen LogP) is 2.58. The van der Waals surface area contributed by atoms with Crippen LogP contribution in [0.1, 0.15) is 5.69 Å². The third-order valence-electron chi connectivity index (χ3n) is 5.10. The summed E-state index contributed by atoms with van der Waals surface area (Å²) in [6.45, 7) is 0. The standard InChI is InChI=1S/C20H17FN4O3.C2HF3O2/c1-24-17-5-2-12(21)8-11(17)9-15(19(24)26)14-4-3-13(10-16(22)20(27)28)25-7-6-23-18(14)25;3-2(4,5)1(6)7/h2-9,16H,10,22H2,1H3,(H,27,28);(H,6,7)/t16-;/m0./s1. The highest BCUT2D eigenvalue weighted by atomic mass is 19.4. The second-order valence-electron chi connectivity index (χ2n) is 7.44. The molecule has 13 heteroatoms. The van der Waals surface area contributed by atoms with E-state index < -0.39 is 24.2 Å². The normalized spacial score (nSPS) is 12.3. The van der Waals surface area contributed by atoms with Crippen molar-refractivity contribution in [1.82, 2.24) is 14.0 Å². The van der Waals surface area contributed by atoms with Crippen molar-refractivity contribution >= 4 is 28.5 Å². The Labute approximate surface area is 193 Å². The van der Waals surface area contributed by atoms with Gasteiger partial charge in [-0.15, -0.1) is 0 Å². The van der Waals surface area contributed by atoms with Crippen LogP contribution >= 0.6 is 0 Å². The third kappa shape index (κ3) is 5.30. The molecule has 0 spiro atoms. The second-order valence-corrected chi connectivity index (χ2v) is 7.44. The maximum absolute atomic E-state index is 13.7. The lowest BCUT2D eigenvalue weighted by molar-refractivity contribution is -0.192. The summed E-state index contributed by atoms with van der Waals surface area (Å²) in [6.07, 6.45) is -1.71. The third-order valence-corrected chi connectivity index (χ3v) is 5.10. The quantitative estimate of drug-likeness (QED) is 0.371. The molecule has 4 N–H and O–H groups in total. The molecule has 0 amide bonds. The Morgan fingerprint density at radius 3 is 2.37 bits per heavy atom. The number of benzene rings is 1. The van der Waals surface area contributed by atoms with Crippen LogP contribution in [-0.4, -0.2) is 48.3 Å². The summed E-state index contributed by atoms with van der Waals surface area (Å²) in [5, 5.41) is 16.8. The molecule has 4 rings (SSSR count). The maximum atomic E-state index is 13.7. The first-order valence-corrected chi connectivity index (χ1v) is 9.84. The van der Waals surface area contributed by atoms with Crippen LogP contribution in [0.2, 0.25) is 0 Å². The Hall–Kier alpha value is -4.26. The van der Waals surface area contributed by atoms with E-state index in [1.165, 1.54) is 16.7 Å². The van der Waals surface area contributed by atoms with Gasteiger partial charge in [0.25, 0.3) is 5.56 Å². The van der Waals surface area contributed by atoms with Crippen molar-refractivity contribution < 1.29 is 37.4 Å². The molecule has 0 fully saturated rings. The summed E-state index contributed by atoms with van der Waals surface area (Å²) < 4.78 is 48.6. The summed E-state index contributed by atoms with van der Waals surface area (Å²) in [6, 6.07) is 8.30. The predicted molar refractivity (Wildman–Crippen MR) is 116 cm³/mol. The van der Waals surface area contributed by atoms with Gasteiger partial charge in [-0.1, -0.05) is 0 Å². The van der Waals surface area contributed by atoms with Gasteiger partial charge in [-0.05, 0) is 36.4 Å². The molecule has 9 nitrogen and oxygen atoms in total. The zero-order valence-electron chi connectivity index (χ0n) is 18.0. The molecule has 0 aliphatic carbocycles. The van der Waals surface area contributed by atoms with Gasteiger partial charge in [0.05, 0.1) is 11.1 Å². The number of aliphatic carboxylic acids is 2. The summed E-state index contributed by atoms with van der Waals surface area (Å²) >= 11 is 0.